The maximum absolute atomic E-state index is 12.0. The summed E-state index contributed by atoms with van der Waals surface area (Å²) >= 11 is 12.1. The van der Waals surface area contributed by atoms with Gasteiger partial charge in [-0.3, -0.25) is 4.79 Å². The molecule has 1 N–H and O–H groups in total. The van der Waals surface area contributed by atoms with Gasteiger partial charge in [0, 0.05) is 30.0 Å². The number of halogens is 2. The van der Waals surface area contributed by atoms with Gasteiger partial charge >= 0.3 is 0 Å². The molecule has 0 aliphatic carbocycles. The van der Waals surface area contributed by atoms with Crippen LogP contribution in [0, 0.1) is 0 Å². The molecule has 1 aromatic heterocycles. The Morgan fingerprint density at radius 2 is 1.93 bits per heavy atom. The summed E-state index contributed by atoms with van der Waals surface area (Å²) in [7, 11) is 1.64. The zero-order chi connectivity index (χ0) is 19.9. The summed E-state index contributed by atoms with van der Waals surface area (Å²) in [5.41, 5.74) is 1.85. The third-order valence-corrected chi connectivity index (χ3v) is 4.76. The molecule has 5 nitrogen and oxygen atoms in total. The number of benzene rings is 2. The Labute approximate surface area is 173 Å². The van der Waals surface area contributed by atoms with Gasteiger partial charge in [0.25, 0.3) is 0 Å². The van der Waals surface area contributed by atoms with Gasteiger partial charge in [-0.1, -0.05) is 35.3 Å². The van der Waals surface area contributed by atoms with Crippen LogP contribution in [-0.2, 0) is 17.6 Å². The summed E-state index contributed by atoms with van der Waals surface area (Å²) in [5.74, 6) is 1.82. The fourth-order valence-corrected chi connectivity index (χ4v) is 3.19. The number of amides is 1. The number of carbonyl (C=O) groups excluding carboxylic acids is 1. The van der Waals surface area contributed by atoms with Crippen LogP contribution in [0.4, 0.5) is 0 Å². The van der Waals surface area contributed by atoms with Gasteiger partial charge in [-0.05, 0) is 42.3 Å². The van der Waals surface area contributed by atoms with E-state index >= 15 is 0 Å². The Hall–Kier alpha value is -2.50. The molecule has 0 unspecified atom stereocenters. The standard InChI is InChI=1S/C21H20Cl2N2O3/c1-27-16-5-2-14(3-6-16)10-11-24-20(26)8-9-21-25-13-19(28-21)17-7-4-15(22)12-18(17)23/h2-7,12-13H,8-11H2,1H3,(H,24,26). The number of oxazole rings is 1. The van der Waals surface area contributed by atoms with Crippen LogP contribution in [0.25, 0.3) is 11.3 Å². The fourth-order valence-electron chi connectivity index (χ4n) is 2.69. The van der Waals surface area contributed by atoms with E-state index in [9.17, 15) is 4.79 Å². The summed E-state index contributed by atoms with van der Waals surface area (Å²) in [6.07, 6.45) is 3.08. The molecule has 146 valence electrons. The Balaban J connectivity index is 1.45. The molecule has 28 heavy (non-hydrogen) atoms. The molecule has 1 heterocycles. The summed E-state index contributed by atoms with van der Waals surface area (Å²) < 4.78 is 10.8. The Kier molecular flexibility index (Phi) is 6.95. The third-order valence-electron chi connectivity index (χ3n) is 4.21. The first-order valence-electron chi connectivity index (χ1n) is 8.85. The fraction of sp³-hybridized carbons (Fsp3) is 0.238. The van der Waals surface area contributed by atoms with Crippen molar-refractivity contribution in [3.8, 4) is 17.1 Å². The highest BCUT2D eigenvalue weighted by Crippen LogP contribution is 2.30. The van der Waals surface area contributed by atoms with Crippen LogP contribution in [0.2, 0.25) is 10.0 Å². The number of hydrogen-bond donors (Lipinski definition) is 1. The lowest BCUT2D eigenvalue weighted by Crippen LogP contribution is -2.25. The first-order chi connectivity index (χ1) is 13.5. The lowest BCUT2D eigenvalue weighted by molar-refractivity contribution is -0.121. The van der Waals surface area contributed by atoms with Gasteiger partial charge in [0.15, 0.2) is 11.7 Å². The van der Waals surface area contributed by atoms with E-state index in [2.05, 4.69) is 10.3 Å². The van der Waals surface area contributed by atoms with Crippen LogP contribution in [0.3, 0.4) is 0 Å². The lowest BCUT2D eigenvalue weighted by atomic mass is 10.1. The molecule has 0 atom stereocenters. The van der Waals surface area contributed by atoms with Crippen LogP contribution >= 0.6 is 23.2 Å². The highest BCUT2D eigenvalue weighted by atomic mass is 35.5. The normalized spacial score (nSPS) is 10.7. The predicted octanol–water partition coefficient (Wildman–Crippen LogP) is 4.95. The van der Waals surface area contributed by atoms with Crippen molar-refractivity contribution in [2.45, 2.75) is 19.3 Å². The maximum Gasteiger partial charge on any atom is 0.220 e. The molecule has 7 heteroatoms. The highest BCUT2D eigenvalue weighted by Gasteiger charge is 2.11. The number of carbonyl (C=O) groups is 1. The molecule has 0 aliphatic heterocycles. The molecule has 0 saturated heterocycles. The second kappa shape index (κ2) is 9.62. The minimum Gasteiger partial charge on any atom is -0.497 e. The van der Waals surface area contributed by atoms with Gasteiger partial charge in [-0.2, -0.15) is 0 Å². The number of aryl methyl sites for hydroxylation is 1. The van der Waals surface area contributed by atoms with Crippen molar-refractivity contribution in [1.82, 2.24) is 10.3 Å². The first-order valence-corrected chi connectivity index (χ1v) is 9.60. The SMILES string of the molecule is COc1ccc(CCNC(=O)CCc2ncc(-c3ccc(Cl)cc3Cl)o2)cc1. The van der Waals surface area contributed by atoms with Crippen molar-refractivity contribution in [2.24, 2.45) is 0 Å². The topological polar surface area (TPSA) is 64.4 Å². The zero-order valence-corrected chi connectivity index (χ0v) is 16.9. The van der Waals surface area contributed by atoms with Crippen LogP contribution in [0.5, 0.6) is 5.75 Å². The lowest BCUT2D eigenvalue weighted by Gasteiger charge is -2.06. The van der Waals surface area contributed by atoms with Gasteiger partial charge < -0.3 is 14.5 Å². The predicted molar refractivity (Wildman–Crippen MR) is 110 cm³/mol. The van der Waals surface area contributed by atoms with Gasteiger partial charge in [-0.15, -0.1) is 0 Å². The number of rotatable bonds is 8. The number of hydrogen-bond acceptors (Lipinski definition) is 4. The van der Waals surface area contributed by atoms with E-state index in [0.29, 0.717) is 46.6 Å². The molecular formula is C21H20Cl2N2O3. The summed E-state index contributed by atoms with van der Waals surface area (Å²) in [5, 5.41) is 3.96. The van der Waals surface area contributed by atoms with Gasteiger partial charge in [0.05, 0.1) is 18.3 Å². The number of aromatic nitrogens is 1. The van der Waals surface area contributed by atoms with Gasteiger partial charge in [0.1, 0.15) is 5.75 Å². The van der Waals surface area contributed by atoms with Gasteiger partial charge in [-0.25, -0.2) is 4.98 Å². The molecule has 0 saturated carbocycles. The second-order valence-corrected chi connectivity index (χ2v) is 7.03. The van der Waals surface area contributed by atoms with Crippen LogP contribution in [0.15, 0.2) is 53.1 Å². The van der Waals surface area contributed by atoms with Crippen LogP contribution in [0.1, 0.15) is 17.9 Å². The van der Waals surface area contributed by atoms with E-state index in [0.717, 1.165) is 17.7 Å². The maximum atomic E-state index is 12.0. The Morgan fingerprint density at radius 3 is 2.64 bits per heavy atom. The Bertz CT molecular complexity index is 939. The van der Waals surface area contributed by atoms with Crippen molar-refractivity contribution in [1.29, 1.82) is 0 Å². The van der Waals surface area contributed by atoms with Crippen molar-refractivity contribution in [3.63, 3.8) is 0 Å². The minimum absolute atomic E-state index is 0.0437. The smallest absolute Gasteiger partial charge is 0.220 e. The number of nitrogens with zero attached hydrogens (tertiary/aromatic N) is 1. The number of methoxy groups -OCH3 is 1. The minimum atomic E-state index is -0.0437. The summed E-state index contributed by atoms with van der Waals surface area (Å²) in [4.78, 5) is 16.3. The molecule has 0 fully saturated rings. The highest BCUT2D eigenvalue weighted by molar-refractivity contribution is 6.36. The average molecular weight is 419 g/mol. The average Bonchev–Trinajstić information content (AvgIpc) is 3.15. The Morgan fingerprint density at radius 1 is 1.14 bits per heavy atom. The van der Waals surface area contributed by atoms with Crippen LogP contribution in [-0.4, -0.2) is 24.5 Å². The van der Waals surface area contributed by atoms with Gasteiger partial charge in [0.2, 0.25) is 5.91 Å². The van der Waals surface area contributed by atoms with E-state index < -0.39 is 0 Å². The molecule has 2 aromatic carbocycles. The largest absolute Gasteiger partial charge is 0.497 e. The van der Waals surface area contributed by atoms with E-state index in [-0.39, 0.29) is 5.91 Å². The number of ether oxygens (including phenoxy) is 1. The molecule has 1 amide bonds. The molecule has 0 radical (unpaired) electrons. The monoisotopic (exact) mass is 418 g/mol. The summed E-state index contributed by atoms with van der Waals surface area (Å²) in [6.45, 7) is 0.572. The number of nitrogens with one attached hydrogen (secondary N) is 1. The molecule has 0 bridgehead atoms. The van der Waals surface area contributed by atoms with E-state index in [1.165, 1.54) is 0 Å². The van der Waals surface area contributed by atoms with Crippen molar-refractivity contribution in [2.75, 3.05) is 13.7 Å². The first kappa shape index (κ1) is 20.2. The van der Waals surface area contributed by atoms with Crippen molar-refractivity contribution in [3.05, 3.63) is 70.2 Å². The molecule has 0 spiro atoms. The molecule has 3 rings (SSSR count). The van der Waals surface area contributed by atoms with Crippen molar-refractivity contribution >= 4 is 29.1 Å². The molecule has 3 aromatic rings. The van der Waals surface area contributed by atoms with Crippen molar-refractivity contribution < 1.29 is 13.9 Å². The quantitative estimate of drug-likeness (QED) is 0.561. The third kappa shape index (κ3) is 5.50. The van der Waals surface area contributed by atoms with E-state index in [1.807, 2.05) is 24.3 Å². The second-order valence-electron chi connectivity index (χ2n) is 6.19. The van der Waals surface area contributed by atoms with E-state index in [4.69, 9.17) is 32.4 Å². The zero-order valence-electron chi connectivity index (χ0n) is 15.4. The summed E-state index contributed by atoms with van der Waals surface area (Å²) in [6, 6.07) is 13.0. The molecule has 0 aliphatic rings. The molecular weight excluding hydrogens is 399 g/mol. The van der Waals surface area contributed by atoms with Crippen LogP contribution < -0.4 is 10.1 Å². The van der Waals surface area contributed by atoms with E-state index in [1.54, 1.807) is 31.5 Å².